The third kappa shape index (κ3) is 4.48. The maximum atomic E-state index is 13.0. The Kier molecular flexibility index (Phi) is 6.45. The van der Waals surface area contributed by atoms with Gasteiger partial charge in [0, 0.05) is 21.5 Å². The van der Waals surface area contributed by atoms with Gasteiger partial charge in [0.2, 0.25) is 0 Å². The summed E-state index contributed by atoms with van der Waals surface area (Å²) >= 11 is 12.3. The Morgan fingerprint density at radius 1 is 1.03 bits per heavy atom. The van der Waals surface area contributed by atoms with E-state index in [2.05, 4.69) is 47.4 Å². The Labute approximate surface area is 204 Å². The number of aromatic hydroxyl groups is 2. The largest absolute Gasteiger partial charge is 0.506 e. The van der Waals surface area contributed by atoms with Gasteiger partial charge < -0.3 is 10.2 Å². The highest BCUT2D eigenvalue weighted by Crippen LogP contribution is 2.40. The summed E-state index contributed by atoms with van der Waals surface area (Å²) in [6, 6.07) is 17.7. The predicted molar refractivity (Wildman–Crippen MR) is 132 cm³/mol. The number of hydrogen-bond donors (Lipinski definition) is 3. The van der Waals surface area contributed by atoms with Gasteiger partial charge in [0.1, 0.15) is 16.0 Å². The van der Waals surface area contributed by atoms with Crippen molar-refractivity contribution < 1.29 is 15.0 Å². The topological polar surface area (TPSA) is 94.8 Å². The van der Waals surface area contributed by atoms with Crippen molar-refractivity contribution in [3.8, 4) is 22.8 Å². The molecular formula is C23H14Br2ClN3O3. The SMILES string of the molecule is O=C(N/N=C/c1cc(Br)c(O)c(Br)c1O)c1cc(-c2ccc(Cl)cc2)nc2ccccc12. The first-order valence-electron chi connectivity index (χ1n) is 9.24. The van der Waals surface area contributed by atoms with E-state index in [4.69, 9.17) is 11.6 Å². The van der Waals surface area contributed by atoms with Crippen molar-refractivity contribution >= 4 is 66.5 Å². The van der Waals surface area contributed by atoms with Crippen LogP contribution in [0.15, 0.2) is 74.7 Å². The van der Waals surface area contributed by atoms with Crippen LogP contribution in [0.2, 0.25) is 5.02 Å². The third-order valence-corrected chi connectivity index (χ3v) is 6.28. The molecule has 0 radical (unpaired) electrons. The molecule has 3 N–H and O–H groups in total. The molecule has 0 saturated carbocycles. The minimum absolute atomic E-state index is 0.118. The highest BCUT2D eigenvalue weighted by Gasteiger charge is 2.15. The fraction of sp³-hybridized carbons (Fsp3) is 0. The van der Waals surface area contributed by atoms with Crippen LogP contribution in [0.25, 0.3) is 22.2 Å². The molecule has 0 unspecified atom stereocenters. The molecule has 0 fully saturated rings. The summed E-state index contributed by atoms with van der Waals surface area (Å²) in [7, 11) is 0. The second kappa shape index (κ2) is 9.28. The molecule has 4 aromatic rings. The number of para-hydroxylation sites is 1. The summed E-state index contributed by atoms with van der Waals surface area (Å²) in [4.78, 5) is 17.6. The predicted octanol–water partition coefficient (Wildman–Crippen LogP) is 6.26. The lowest BCUT2D eigenvalue weighted by Gasteiger charge is -2.09. The molecule has 0 atom stereocenters. The van der Waals surface area contributed by atoms with Crippen molar-refractivity contribution in [2.24, 2.45) is 5.10 Å². The molecule has 1 amide bonds. The Morgan fingerprint density at radius 2 is 1.75 bits per heavy atom. The lowest BCUT2D eigenvalue weighted by atomic mass is 10.0. The smallest absolute Gasteiger partial charge is 0.272 e. The Bertz CT molecular complexity index is 1380. The first-order valence-corrected chi connectivity index (χ1v) is 11.2. The van der Waals surface area contributed by atoms with Gasteiger partial charge in [-0.15, -0.1) is 0 Å². The van der Waals surface area contributed by atoms with E-state index >= 15 is 0 Å². The van der Waals surface area contributed by atoms with Crippen LogP contribution in [0.4, 0.5) is 0 Å². The minimum atomic E-state index is -0.438. The van der Waals surface area contributed by atoms with Crippen LogP contribution in [-0.4, -0.2) is 27.3 Å². The Hall–Kier alpha value is -2.94. The average molecular weight is 576 g/mol. The van der Waals surface area contributed by atoms with Crippen molar-refractivity contribution in [1.29, 1.82) is 0 Å². The highest BCUT2D eigenvalue weighted by molar-refractivity contribution is 9.11. The van der Waals surface area contributed by atoms with Gasteiger partial charge in [0.05, 0.1) is 27.5 Å². The highest BCUT2D eigenvalue weighted by atomic mass is 79.9. The average Bonchev–Trinajstić information content (AvgIpc) is 2.80. The van der Waals surface area contributed by atoms with Gasteiger partial charge in [0.25, 0.3) is 5.91 Å². The number of carbonyl (C=O) groups is 1. The zero-order valence-electron chi connectivity index (χ0n) is 16.2. The lowest BCUT2D eigenvalue weighted by Crippen LogP contribution is -2.18. The number of hydrogen-bond acceptors (Lipinski definition) is 5. The van der Waals surface area contributed by atoms with E-state index in [1.54, 1.807) is 18.2 Å². The number of nitrogens with one attached hydrogen (secondary N) is 1. The van der Waals surface area contributed by atoms with E-state index in [1.165, 1.54) is 12.3 Å². The molecule has 0 saturated heterocycles. The summed E-state index contributed by atoms with van der Waals surface area (Å²) in [6.07, 6.45) is 1.28. The number of phenols is 2. The van der Waals surface area contributed by atoms with E-state index < -0.39 is 5.91 Å². The summed E-state index contributed by atoms with van der Waals surface area (Å²) < 4.78 is 0.482. The molecule has 0 bridgehead atoms. The lowest BCUT2D eigenvalue weighted by molar-refractivity contribution is 0.0956. The third-order valence-electron chi connectivity index (χ3n) is 4.67. The number of benzene rings is 3. The number of aromatic nitrogens is 1. The van der Waals surface area contributed by atoms with Gasteiger partial charge >= 0.3 is 0 Å². The van der Waals surface area contributed by atoms with Gasteiger partial charge in [-0.05, 0) is 62.2 Å². The molecule has 160 valence electrons. The van der Waals surface area contributed by atoms with E-state index in [9.17, 15) is 15.0 Å². The summed E-state index contributed by atoms with van der Waals surface area (Å²) in [6.45, 7) is 0. The molecule has 32 heavy (non-hydrogen) atoms. The van der Waals surface area contributed by atoms with E-state index in [0.29, 0.717) is 37.2 Å². The molecule has 6 nitrogen and oxygen atoms in total. The monoisotopic (exact) mass is 573 g/mol. The number of pyridine rings is 1. The van der Waals surface area contributed by atoms with Crippen LogP contribution < -0.4 is 5.43 Å². The maximum absolute atomic E-state index is 13.0. The number of carbonyl (C=O) groups excluding carboxylic acids is 1. The number of nitrogens with zero attached hydrogens (tertiary/aromatic N) is 2. The molecule has 1 aromatic heterocycles. The van der Waals surface area contributed by atoms with E-state index in [1.807, 2.05) is 36.4 Å². The van der Waals surface area contributed by atoms with Crippen LogP contribution in [-0.2, 0) is 0 Å². The van der Waals surface area contributed by atoms with Crippen LogP contribution >= 0.6 is 43.5 Å². The van der Waals surface area contributed by atoms with Crippen molar-refractivity contribution in [2.45, 2.75) is 0 Å². The summed E-state index contributed by atoms with van der Waals surface area (Å²) in [5, 5.41) is 25.2. The zero-order chi connectivity index (χ0) is 22.8. The zero-order valence-corrected chi connectivity index (χ0v) is 20.1. The van der Waals surface area contributed by atoms with Gasteiger partial charge in [0.15, 0.2) is 0 Å². The van der Waals surface area contributed by atoms with Gasteiger partial charge in [-0.3, -0.25) is 4.79 Å². The van der Waals surface area contributed by atoms with Crippen LogP contribution in [0.3, 0.4) is 0 Å². The Balaban J connectivity index is 1.68. The molecule has 1 heterocycles. The van der Waals surface area contributed by atoms with Crippen molar-refractivity contribution in [3.05, 3.63) is 85.8 Å². The molecule has 0 aliphatic carbocycles. The van der Waals surface area contributed by atoms with Gasteiger partial charge in [-0.25, -0.2) is 10.4 Å². The van der Waals surface area contributed by atoms with Crippen LogP contribution in [0.1, 0.15) is 15.9 Å². The number of fused-ring (bicyclic) bond motifs is 1. The number of halogens is 3. The number of rotatable bonds is 4. The molecule has 3 aromatic carbocycles. The first-order chi connectivity index (χ1) is 15.3. The number of hydrazone groups is 1. The van der Waals surface area contributed by atoms with Crippen molar-refractivity contribution in [2.75, 3.05) is 0 Å². The standard InChI is InChI=1S/C23H14Br2ClN3O3/c24-17-9-13(21(30)20(25)22(17)31)11-27-29-23(32)16-10-19(12-5-7-14(26)8-6-12)28-18-4-2-1-3-15(16)18/h1-11,30-31H,(H,29,32)/b27-11+. The fourth-order valence-electron chi connectivity index (χ4n) is 3.07. The second-order valence-electron chi connectivity index (χ2n) is 6.74. The minimum Gasteiger partial charge on any atom is -0.506 e. The van der Waals surface area contributed by atoms with Crippen molar-refractivity contribution in [1.82, 2.24) is 10.4 Å². The molecule has 9 heteroatoms. The quantitative estimate of drug-likeness (QED) is 0.198. The molecule has 0 spiro atoms. The van der Waals surface area contributed by atoms with Crippen LogP contribution in [0, 0.1) is 0 Å². The second-order valence-corrected chi connectivity index (χ2v) is 8.82. The molecule has 4 rings (SSSR count). The molecular weight excluding hydrogens is 562 g/mol. The molecule has 0 aliphatic rings. The normalized spacial score (nSPS) is 11.2. The summed E-state index contributed by atoms with van der Waals surface area (Å²) in [5.74, 6) is -0.781. The molecule has 0 aliphatic heterocycles. The number of phenolic OH excluding ortho intramolecular Hbond substituents is 2. The van der Waals surface area contributed by atoms with Crippen LogP contribution in [0.5, 0.6) is 11.5 Å². The first kappa shape index (κ1) is 22.3. The Morgan fingerprint density at radius 3 is 2.50 bits per heavy atom. The van der Waals surface area contributed by atoms with Gasteiger partial charge in [-0.2, -0.15) is 5.10 Å². The van der Waals surface area contributed by atoms with E-state index in [-0.39, 0.29) is 16.0 Å². The summed E-state index contributed by atoms with van der Waals surface area (Å²) in [5.41, 5.74) is 5.29. The van der Waals surface area contributed by atoms with Crippen molar-refractivity contribution in [3.63, 3.8) is 0 Å². The van der Waals surface area contributed by atoms with E-state index in [0.717, 1.165) is 5.56 Å². The maximum Gasteiger partial charge on any atom is 0.272 e. The van der Waals surface area contributed by atoms with Gasteiger partial charge in [-0.1, -0.05) is 41.9 Å². The number of amides is 1. The fourth-order valence-corrected chi connectivity index (χ4v) is 4.35.